The van der Waals surface area contributed by atoms with Gasteiger partial charge in [0, 0.05) is 6.08 Å². The molecule has 0 saturated carbocycles. The Kier molecular flexibility index (Phi) is 3.21. The summed E-state index contributed by atoms with van der Waals surface area (Å²) in [6.45, 7) is 3.47. The Morgan fingerprint density at radius 3 is 2.32 bits per heavy atom. The molecule has 0 radical (unpaired) electrons. The van der Waals surface area contributed by atoms with Crippen molar-refractivity contribution < 1.29 is 14.7 Å². The second-order valence-electron chi connectivity index (χ2n) is 4.99. The van der Waals surface area contributed by atoms with Crippen LogP contribution in [-0.4, -0.2) is 26.6 Å². The standard InChI is InChI=1S/C16H13N3O3/c1-8-9(2)18-15-14(17-8)13(21)7-11(16(15)22)19-10-5-3-4-6-12(10)20/h3-7,19-20H,1-2H3. The SMILES string of the molecule is Cc1nc2c(nc1C)C(=O)C(Nc1ccccc1O)=CC2=O. The normalized spacial score (nSPS) is 13.6. The van der Waals surface area contributed by atoms with E-state index in [2.05, 4.69) is 15.3 Å². The van der Waals surface area contributed by atoms with Gasteiger partial charge in [-0.1, -0.05) is 12.1 Å². The molecule has 0 amide bonds. The molecule has 110 valence electrons. The first-order chi connectivity index (χ1) is 10.5. The number of aryl methyl sites for hydroxylation is 2. The lowest BCUT2D eigenvalue weighted by atomic mass is 10.0. The van der Waals surface area contributed by atoms with E-state index >= 15 is 0 Å². The van der Waals surface area contributed by atoms with Gasteiger partial charge < -0.3 is 10.4 Å². The molecule has 0 atom stereocenters. The highest BCUT2D eigenvalue weighted by Gasteiger charge is 2.29. The van der Waals surface area contributed by atoms with Gasteiger partial charge in [0.2, 0.25) is 11.6 Å². The molecule has 1 aliphatic carbocycles. The fourth-order valence-electron chi connectivity index (χ4n) is 2.14. The molecule has 2 N–H and O–H groups in total. The van der Waals surface area contributed by atoms with Gasteiger partial charge in [-0.2, -0.15) is 0 Å². The molecule has 0 bridgehead atoms. The number of phenols is 1. The van der Waals surface area contributed by atoms with Crippen molar-refractivity contribution in [3.8, 4) is 5.75 Å². The summed E-state index contributed by atoms with van der Waals surface area (Å²) in [4.78, 5) is 33.0. The number of nitrogens with zero attached hydrogens (tertiary/aromatic N) is 2. The zero-order valence-corrected chi connectivity index (χ0v) is 12.0. The first kappa shape index (κ1) is 13.9. The number of aromatic hydroxyl groups is 1. The zero-order chi connectivity index (χ0) is 15.9. The Hall–Kier alpha value is -3.02. The minimum absolute atomic E-state index is 0.0133. The van der Waals surface area contributed by atoms with Crippen LogP contribution in [0.3, 0.4) is 0 Å². The number of ketones is 2. The van der Waals surface area contributed by atoms with E-state index in [1.165, 1.54) is 12.1 Å². The number of rotatable bonds is 2. The van der Waals surface area contributed by atoms with Crippen molar-refractivity contribution in [2.45, 2.75) is 13.8 Å². The second kappa shape index (κ2) is 5.07. The molecule has 0 saturated heterocycles. The summed E-state index contributed by atoms with van der Waals surface area (Å²) in [6, 6.07) is 6.46. The number of para-hydroxylation sites is 2. The minimum atomic E-state index is -0.423. The van der Waals surface area contributed by atoms with Crippen LogP contribution < -0.4 is 5.32 Å². The molecular weight excluding hydrogens is 282 g/mol. The molecule has 1 aromatic heterocycles. The maximum absolute atomic E-state index is 12.5. The maximum atomic E-state index is 12.5. The number of aromatic nitrogens is 2. The van der Waals surface area contributed by atoms with Crippen molar-refractivity contribution in [2.24, 2.45) is 0 Å². The Bertz CT molecular complexity index is 841. The number of Topliss-reactive ketones (excluding diaryl/α,β-unsaturated/α-hetero) is 1. The van der Waals surface area contributed by atoms with E-state index in [4.69, 9.17) is 0 Å². The third kappa shape index (κ3) is 2.24. The number of benzene rings is 1. The van der Waals surface area contributed by atoms with Gasteiger partial charge in [-0.3, -0.25) is 9.59 Å². The highest BCUT2D eigenvalue weighted by atomic mass is 16.3. The van der Waals surface area contributed by atoms with Crippen LogP contribution in [0.2, 0.25) is 0 Å². The van der Waals surface area contributed by atoms with E-state index < -0.39 is 5.78 Å². The Labute approximate surface area is 126 Å². The van der Waals surface area contributed by atoms with E-state index in [-0.39, 0.29) is 28.6 Å². The first-order valence-corrected chi connectivity index (χ1v) is 6.68. The average Bonchev–Trinajstić information content (AvgIpc) is 2.49. The molecule has 0 fully saturated rings. The number of nitrogens with one attached hydrogen (secondary N) is 1. The van der Waals surface area contributed by atoms with E-state index in [1.807, 2.05) is 0 Å². The van der Waals surface area contributed by atoms with Crippen LogP contribution in [0.1, 0.15) is 32.4 Å². The summed E-state index contributed by atoms with van der Waals surface area (Å²) in [6.07, 6.45) is 1.18. The van der Waals surface area contributed by atoms with E-state index in [1.54, 1.807) is 32.0 Å². The van der Waals surface area contributed by atoms with Gasteiger partial charge in [-0.25, -0.2) is 9.97 Å². The summed E-state index contributed by atoms with van der Waals surface area (Å²) in [7, 11) is 0. The molecular formula is C16H13N3O3. The van der Waals surface area contributed by atoms with Gasteiger partial charge in [0.1, 0.15) is 17.1 Å². The lowest BCUT2D eigenvalue weighted by Gasteiger charge is -2.16. The second-order valence-corrected chi connectivity index (χ2v) is 4.99. The van der Waals surface area contributed by atoms with E-state index in [9.17, 15) is 14.7 Å². The van der Waals surface area contributed by atoms with Crippen LogP contribution in [0.4, 0.5) is 5.69 Å². The van der Waals surface area contributed by atoms with Crippen LogP contribution >= 0.6 is 0 Å². The van der Waals surface area contributed by atoms with Gasteiger partial charge in [0.15, 0.2) is 0 Å². The van der Waals surface area contributed by atoms with E-state index in [0.29, 0.717) is 17.1 Å². The number of carbonyl (C=O) groups is 2. The molecule has 6 heteroatoms. The maximum Gasteiger partial charge on any atom is 0.230 e. The average molecular weight is 295 g/mol. The van der Waals surface area contributed by atoms with Gasteiger partial charge >= 0.3 is 0 Å². The van der Waals surface area contributed by atoms with Crippen molar-refractivity contribution in [1.82, 2.24) is 9.97 Å². The van der Waals surface area contributed by atoms with Crippen molar-refractivity contribution >= 4 is 17.3 Å². The van der Waals surface area contributed by atoms with Crippen LogP contribution in [0.25, 0.3) is 0 Å². The summed E-state index contributed by atoms with van der Waals surface area (Å²) < 4.78 is 0. The first-order valence-electron chi connectivity index (χ1n) is 6.68. The Balaban J connectivity index is 2.02. The third-order valence-corrected chi connectivity index (χ3v) is 3.45. The molecule has 6 nitrogen and oxygen atoms in total. The van der Waals surface area contributed by atoms with Gasteiger partial charge in [0.05, 0.1) is 22.8 Å². The molecule has 0 spiro atoms. The van der Waals surface area contributed by atoms with Crippen LogP contribution in [0.15, 0.2) is 36.0 Å². The number of fused-ring (bicyclic) bond motifs is 1. The molecule has 1 aliphatic rings. The molecule has 0 aliphatic heterocycles. The predicted octanol–water partition coefficient (Wildman–Crippen LogP) is 2.17. The number of hydrogen-bond acceptors (Lipinski definition) is 6. The quantitative estimate of drug-likeness (QED) is 0.825. The Morgan fingerprint density at radius 2 is 1.64 bits per heavy atom. The number of hydrogen-bond donors (Lipinski definition) is 2. The number of anilines is 1. The zero-order valence-electron chi connectivity index (χ0n) is 12.0. The molecule has 0 unspecified atom stereocenters. The third-order valence-electron chi connectivity index (χ3n) is 3.45. The molecule has 3 rings (SSSR count). The highest BCUT2D eigenvalue weighted by Crippen LogP contribution is 2.26. The lowest BCUT2D eigenvalue weighted by Crippen LogP contribution is -2.25. The van der Waals surface area contributed by atoms with Gasteiger partial charge in [-0.05, 0) is 26.0 Å². The van der Waals surface area contributed by atoms with Crippen LogP contribution in [0.5, 0.6) is 5.75 Å². The fourth-order valence-corrected chi connectivity index (χ4v) is 2.14. The summed E-state index contributed by atoms with van der Waals surface area (Å²) in [5.41, 5.74) is 1.73. The Morgan fingerprint density at radius 1 is 1.00 bits per heavy atom. The molecule has 1 heterocycles. The predicted molar refractivity (Wildman–Crippen MR) is 80.0 cm³/mol. The lowest BCUT2D eigenvalue weighted by molar-refractivity contribution is 0.0977. The fraction of sp³-hybridized carbons (Fsp3) is 0.125. The van der Waals surface area contributed by atoms with Gasteiger partial charge in [-0.15, -0.1) is 0 Å². The van der Waals surface area contributed by atoms with Crippen molar-refractivity contribution in [3.63, 3.8) is 0 Å². The summed E-state index contributed by atoms with van der Waals surface area (Å²) in [5, 5.41) is 12.5. The molecule has 2 aromatic rings. The smallest absolute Gasteiger partial charge is 0.230 e. The van der Waals surface area contributed by atoms with Crippen LogP contribution in [-0.2, 0) is 0 Å². The summed E-state index contributed by atoms with van der Waals surface area (Å²) >= 11 is 0. The van der Waals surface area contributed by atoms with Crippen LogP contribution in [0, 0.1) is 13.8 Å². The number of allylic oxidation sites excluding steroid dienone is 2. The topological polar surface area (TPSA) is 92.2 Å². The molecule has 22 heavy (non-hydrogen) atoms. The monoisotopic (exact) mass is 295 g/mol. The van der Waals surface area contributed by atoms with Gasteiger partial charge in [0.25, 0.3) is 0 Å². The minimum Gasteiger partial charge on any atom is -0.506 e. The number of carbonyl (C=O) groups excluding carboxylic acids is 2. The largest absolute Gasteiger partial charge is 0.506 e. The van der Waals surface area contributed by atoms with Crippen molar-refractivity contribution in [2.75, 3.05) is 5.32 Å². The van der Waals surface area contributed by atoms with E-state index in [0.717, 1.165) is 0 Å². The number of phenolic OH excluding ortho intramolecular Hbond substituents is 1. The van der Waals surface area contributed by atoms with Crippen molar-refractivity contribution in [1.29, 1.82) is 0 Å². The summed E-state index contributed by atoms with van der Waals surface area (Å²) in [5.74, 6) is -0.822. The molecule has 1 aromatic carbocycles. The van der Waals surface area contributed by atoms with Crippen molar-refractivity contribution in [3.05, 3.63) is 58.8 Å². The highest BCUT2D eigenvalue weighted by molar-refractivity contribution is 6.23.